The van der Waals surface area contributed by atoms with E-state index in [1.807, 2.05) is 5.38 Å². The quantitative estimate of drug-likeness (QED) is 0.496. The van der Waals surface area contributed by atoms with Gasteiger partial charge in [-0.15, -0.1) is 11.3 Å². The Morgan fingerprint density at radius 2 is 2.19 bits per heavy atom. The normalized spacial score (nSPS) is 21.5. The molecule has 2 aliphatic rings. The first kappa shape index (κ1) is 19.3. The fourth-order valence-corrected chi connectivity index (χ4v) is 4.65. The minimum atomic E-state index is -0.844. The van der Waals surface area contributed by atoms with E-state index < -0.39 is 6.23 Å². The number of nitrogens with one attached hydrogen (secondary N) is 1. The van der Waals surface area contributed by atoms with E-state index >= 15 is 0 Å². The molecule has 2 fully saturated rings. The van der Waals surface area contributed by atoms with Crippen molar-refractivity contribution in [3.05, 3.63) is 11.6 Å². The van der Waals surface area contributed by atoms with E-state index in [9.17, 15) is 9.90 Å². The maximum absolute atomic E-state index is 12.7. The number of aliphatic hydroxyl groups excluding tert-OH is 1. The molecule has 2 atom stereocenters. The Kier molecular flexibility index (Phi) is 6.66. The van der Waals surface area contributed by atoms with Gasteiger partial charge in [0.15, 0.2) is 10.2 Å². The lowest BCUT2D eigenvalue weighted by atomic mass is 9.84. The van der Waals surface area contributed by atoms with Gasteiger partial charge < -0.3 is 26.0 Å². The molecule has 1 aliphatic carbocycles. The van der Waals surface area contributed by atoms with Crippen LogP contribution in [-0.2, 0) is 4.79 Å². The molecule has 1 aliphatic heterocycles. The topological polar surface area (TPSA) is 94.7 Å². The summed E-state index contributed by atoms with van der Waals surface area (Å²) < 4.78 is 0. The molecule has 0 radical (unpaired) electrons. The van der Waals surface area contributed by atoms with Gasteiger partial charge in [0.1, 0.15) is 6.23 Å². The SMILES string of the molecule is NC(=S)N1CCN([C@@H](CC2CCCCC2)C(O)Nc2nccs2)C(=O)C1. The van der Waals surface area contributed by atoms with Crippen LogP contribution in [0.4, 0.5) is 5.13 Å². The highest BCUT2D eigenvalue weighted by atomic mass is 32.1. The van der Waals surface area contributed by atoms with Crippen molar-refractivity contribution in [2.75, 3.05) is 25.0 Å². The van der Waals surface area contributed by atoms with Gasteiger partial charge in [-0.1, -0.05) is 32.1 Å². The van der Waals surface area contributed by atoms with Gasteiger partial charge in [-0.05, 0) is 24.6 Å². The largest absolute Gasteiger partial charge is 0.376 e. The van der Waals surface area contributed by atoms with Crippen molar-refractivity contribution >= 4 is 39.7 Å². The Labute approximate surface area is 163 Å². The lowest BCUT2D eigenvalue weighted by Crippen LogP contribution is -2.60. The molecule has 0 aromatic carbocycles. The molecule has 1 aromatic rings. The average molecular weight is 398 g/mol. The van der Waals surface area contributed by atoms with Gasteiger partial charge in [0.2, 0.25) is 5.91 Å². The van der Waals surface area contributed by atoms with Crippen molar-refractivity contribution < 1.29 is 9.90 Å². The van der Waals surface area contributed by atoms with Crippen molar-refractivity contribution in [1.82, 2.24) is 14.8 Å². The maximum Gasteiger partial charge on any atom is 0.242 e. The highest BCUT2D eigenvalue weighted by Gasteiger charge is 2.36. The van der Waals surface area contributed by atoms with Gasteiger partial charge in [-0.2, -0.15) is 0 Å². The predicted molar refractivity (Wildman–Crippen MR) is 107 cm³/mol. The number of hydrogen-bond acceptors (Lipinski definition) is 6. The summed E-state index contributed by atoms with van der Waals surface area (Å²) in [6, 6.07) is -0.275. The van der Waals surface area contributed by atoms with Gasteiger partial charge in [-0.3, -0.25) is 4.79 Å². The minimum absolute atomic E-state index is 0.0372. The number of aliphatic hydroxyl groups is 1. The Hall–Kier alpha value is -1.45. The molecule has 4 N–H and O–H groups in total. The summed E-state index contributed by atoms with van der Waals surface area (Å²) >= 11 is 6.44. The molecule has 3 rings (SSSR count). The van der Waals surface area contributed by atoms with Gasteiger partial charge in [0.05, 0.1) is 12.6 Å². The number of thiocarbonyl (C=S) groups is 1. The molecule has 144 valence electrons. The minimum Gasteiger partial charge on any atom is -0.376 e. The number of anilines is 1. The van der Waals surface area contributed by atoms with Crippen LogP contribution in [0.25, 0.3) is 0 Å². The number of rotatable bonds is 6. The zero-order valence-electron chi connectivity index (χ0n) is 14.8. The number of carbonyl (C=O) groups excluding carboxylic acids is 1. The summed E-state index contributed by atoms with van der Waals surface area (Å²) in [4.78, 5) is 20.4. The summed E-state index contributed by atoms with van der Waals surface area (Å²) in [5, 5.41) is 16.7. The second-order valence-electron chi connectivity index (χ2n) is 7.08. The number of piperazine rings is 1. The lowest BCUT2D eigenvalue weighted by molar-refractivity contribution is -0.140. The zero-order chi connectivity index (χ0) is 18.5. The fourth-order valence-electron chi connectivity index (χ4n) is 3.93. The Morgan fingerprint density at radius 1 is 1.42 bits per heavy atom. The van der Waals surface area contributed by atoms with E-state index in [1.165, 1.54) is 43.4 Å². The first-order chi connectivity index (χ1) is 12.5. The Bertz CT molecular complexity index is 606. The van der Waals surface area contributed by atoms with Crippen LogP contribution >= 0.6 is 23.6 Å². The number of carbonyl (C=O) groups is 1. The first-order valence-corrected chi connectivity index (χ1v) is 10.5. The molecule has 2 heterocycles. The van der Waals surface area contributed by atoms with Crippen molar-refractivity contribution in [2.24, 2.45) is 11.7 Å². The van der Waals surface area contributed by atoms with E-state index in [1.54, 1.807) is 16.0 Å². The van der Waals surface area contributed by atoms with Gasteiger partial charge in [0.25, 0.3) is 0 Å². The van der Waals surface area contributed by atoms with E-state index in [0.717, 1.165) is 6.42 Å². The van der Waals surface area contributed by atoms with E-state index in [4.69, 9.17) is 18.0 Å². The molecule has 0 spiro atoms. The first-order valence-electron chi connectivity index (χ1n) is 9.22. The molecule has 9 heteroatoms. The maximum atomic E-state index is 12.7. The Morgan fingerprint density at radius 3 is 2.81 bits per heavy atom. The Balaban J connectivity index is 1.71. The molecule has 7 nitrogen and oxygen atoms in total. The monoisotopic (exact) mass is 397 g/mol. The summed E-state index contributed by atoms with van der Waals surface area (Å²) in [5.41, 5.74) is 5.67. The van der Waals surface area contributed by atoms with Crippen molar-refractivity contribution in [3.8, 4) is 0 Å². The van der Waals surface area contributed by atoms with Gasteiger partial charge >= 0.3 is 0 Å². The van der Waals surface area contributed by atoms with Crippen LogP contribution in [0.3, 0.4) is 0 Å². The van der Waals surface area contributed by atoms with Crippen LogP contribution in [-0.4, -0.2) is 62.8 Å². The molecule has 1 saturated carbocycles. The fraction of sp³-hybridized carbons (Fsp3) is 0.706. The number of nitrogens with zero attached hydrogens (tertiary/aromatic N) is 3. The molecule has 0 bridgehead atoms. The van der Waals surface area contributed by atoms with E-state index in [0.29, 0.717) is 24.1 Å². The van der Waals surface area contributed by atoms with Crippen LogP contribution in [0.2, 0.25) is 0 Å². The lowest BCUT2D eigenvalue weighted by Gasteiger charge is -2.42. The summed E-state index contributed by atoms with van der Waals surface area (Å²) in [7, 11) is 0. The summed E-state index contributed by atoms with van der Waals surface area (Å²) in [6.45, 7) is 1.30. The second-order valence-corrected chi connectivity index (χ2v) is 8.39. The third-order valence-corrected chi connectivity index (χ3v) is 6.30. The molecule has 1 unspecified atom stereocenters. The third kappa shape index (κ3) is 4.83. The summed E-state index contributed by atoms with van der Waals surface area (Å²) in [6.07, 6.45) is 7.74. The highest BCUT2D eigenvalue weighted by molar-refractivity contribution is 7.80. The number of aromatic nitrogens is 1. The molecule has 26 heavy (non-hydrogen) atoms. The smallest absolute Gasteiger partial charge is 0.242 e. The van der Waals surface area contributed by atoms with Crippen LogP contribution in [0.1, 0.15) is 38.5 Å². The predicted octanol–water partition coefficient (Wildman–Crippen LogP) is 1.60. The number of nitrogens with two attached hydrogens (primary N) is 1. The number of thiazole rings is 1. The summed E-state index contributed by atoms with van der Waals surface area (Å²) in [5.74, 6) is 0.507. The molecule has 1 aromatic heterocycles. The highest BCUT2D eigenvalue weighted by Crippen LogP contribution is 2.30. The van der Waals surface area contributed by atoms with Gasteiger partial charge in [-0.25, -0.2) is 4.98 Å². The van der Waals surface area contributed by atoms with Crippen LogP contribution in [0.5, 0.6) is 0 Å². The van der Waals surface area contributed by atoms with Crippen molar-refractivity contribution in [3.63, 3.8) is 0 Å². The molecular formula is C17H27N5O2S2. The molecule has 1 amide bonds. The zero-order valence-corrected chi connectivity index (χ0v) is 16.5. The number of hydrogen-bond donors (Lipinski definition) is 3. The van der Waals surface area contributed by atoms with Crippen LogP contribution in [0.15, 0.2) is 11.6 Å². The van der Waals surface area contributed by atoms with Crippen molar-refractivity contribution in [2.45, 2.75) is 50.8 Å². The van der Waals surface area contributed by atoms with Gasteiger partial charge in [0, 0.05) is 24.7 Å². The second kappa shape index (κ2) is 8.96. The van der Waals surface area contributed by atoms with Crippen LogP contribution in [0, 0.1) is 5.92 Å². The third-order valence-electron chi connectivity index (χ3n) is 5.34. The number of amides is 1. The van der Waals surface area contributed by atoms with Crippen LogP contribution < -0.4 is 11.1 Å². The molecular weight excluding hydrogens is 370 g/mol. The van der Waals surface area contributed by atoms with E-state index in [-0.39, 0.29) is 23.6 Å². The molecule has 1 saturated heterocycles. The average Bonchev–Trinajstić information content (AvgIpc) is 3.13. The van der Waals surface area contributed by atoms with E-state index in [2.05, 4.69) is 10.3 Å². The van der Waals surface area contributed by atoms with Crippen molar-refractivity contribution in [1.29, 1.82) is 0 Å². The standard InChI is InChI=1S/C17H27N5O2S2/c18-16(25)21-7-8-22(14(23)11-21)13(10-12-4-2-1-3-5-12)15(24)20-17-19-6-9-26-17/h6,9,12-13,15,24H,1-5,7-8,10-11H2,(H2,18,25)(H,19,20)/t13-,15?/m0/s1.